The number of hydrogen-bond acceptors (Lipinski definition) is 3. The van der Waals surface area contributed by atoms with E-state index >= 15 is 0 Å². The number of carbonyl (C=O) groups excluding carboxylic acids is 1. The number of primary amides is 1. The summed E-state index contributed by atoms with van der Waals surface area (Å²) in [5.74, 6) is 1.26. The topological polar surface area (TPSA) is 83.9 Å². The Kier molecular flexibility index (Phi) is 7.79. The largest absolute Gasteiger partial charge is 0.454 e. The molecule has 3 N–H and O–H groups in total. The summed E-state index contributed by atoms with van der Waals surface area (Å²) in [6, 6.07) is 3.40. The molecule has 1 aliphatic heterocycles. The van der Waals surface area contributed by atoms with Crippen molar-refractivity contribution in [1.82, 2.24) is 10.2 Å². The molecule has 0 radical (unpaired) electrons. The summed E-state index contributed by atoms with van der Waals surface area (Å²) < 4.78 is 5.44. The third-order valence-electron chi connectivity index (χ3n) is 5.66. The lowest BCUT2D eigenvalue weighted by atomic mass is 9.74. The molecule has 0 bridgehead atoms. The second-order valence-corrected chi connectivity index (χ2v) is 7.47. The summed E-state index contributed by atoms with van der Waals surface area (Å²) >= 11 is 0. The van der Waals surface area contributed by atoms with Crippen molar-refractivity contribution in [3.05, 3.63) is 23.7 Å². The van der Waals surface area contributed by atoms with Crippen LogP contribution < -0.4 is 11.1 Å². The van der Waals surface area contributed by atoms with Crippen LogP contribution in [0.15, 0.2) is 21.5 Å². The third-order valence-corrected chi connectivity index (χ3v) is 5.66. The molecule has 1 amide bonds. The molecule has 0 aromatic carbocycles. The number of nitrogens with zero attached hydrogens (tertiary/aromatic N) is 2. The molecule has 1 aromatic heterocycles. The van der Waals surface area contributed by atoms with Crippen LogP contribution in [0.2, 0.25) is 0 Å². The minimum atomic E-state index is -0.540. The summed E-state index contributed by atoms with van der Waals surface area (Å²) in [5, 5.41) is 3.38. The molecule has 1 saturated carbocycles. The van der Waals surface area contributed by atoms with Gasteiger partial charge in [0.05, 0.1) is 6.54 Å². The van der Waals surface area contributed by atoms with Crippen molar-refractivity contribution < 1.29 is 9.21 Å². The van der Waals surface area contributed by atoms with Gasteiger partial charge in [0.1, 0.15) is 5.76 Å². The summed E-state index contributed by atoms with van der Waals surface area (Å²) in [6.45, 7) is 2.65. The number of likely N-dealkylation sites (tertiary alicyclic amines) is 1. The van der Waals surface area contributed by atoms with E-state index in [0.29, 0.717) is 17.7 Å². The molecular formula is C19H31IN4O2. The molecule has 2 heterocycles. The maximum atomic E-state index is 11.1. The zero-order valence-corrected chi connectivity index (χ0v) is 18.0. The minimum absolute atomic E-state index is 0. The molecule has 1 aromatic rings. The number of nitrogens with two attached hydrogens (primary N) is 1. The van der Waals surface area contributed by atoms with Crippen LogP contribution in [0, 0.1) is 5.41 Å². The number of carbonyl (C=O) groups is 1. The van der Waals surface area contributed by atoms with Crippen LogP contribution in [0.25, 0.3) is 0 Å². The highest BCUT2D eigenvalue weighted by molar-refractivity contribution is 14.0. The van der Waals surface area contributed by atoms with Crippen molar-refractivity contribution in [2.24, 2.45) is 16.1 Å². The summed E-state index contributed by atoms with van der Waals surface area (Å²) in [6.07, 6.45) is 10.8. The third kappa shape index (κ3) is 5.14. The van der Waals surface area contributed by atoms with E-state index in [1.807, 2.05) is 7.05 Å². The predicted octanol–water partition coefficient (Wildman–Crippen LogP) is 3.51. The SMILES string of the molecule is CN=C(NCc1ccc(C(N)=O)o1)N1CCCC2(CCCCCC2)C1.I. The number of nitrogens with one attached hydrogen (secondary N) is 1. The summed E-state index contributed by atoms with van der Waals surface area (Å²) in [7, 11) is 1.83. The maximum Gasteiger partial charge on any atom is 0.284 e. The Hall–Kier alpha value is -1.25. The van der Waals surface area contributed by atoms with Crippen molar-refractivity contribution in [3.8, 4) is 0 Å². The van der Waals surface area contributed by atoms with Crippen LogP contribution in [0.5, 0.6) is 0 Å². The van der Waals surface area contributed by atoms with Gasteiger partial charge in [0.2, 0.25) is 0 Å². The fourth-order valence-corrected chi connectivity index (χ4v) is 4.38. The second-order valence-electron chi connectivity index (χ2n) is 7.47. The van der Waals surface area contributed by atoms with Gasteiger partial charge in [-0.2, -0.15) is 0 Å². The highest BCUT2D eigenvalue weighted by Gasteiger charge is 2.36. The number of halogens is 1. The summed E-state index contributed by atoms with van der Waals surface area (Å²) in [5.41, 5.74) is 5.70. The molecule has 1 spiro atoms. The molecule has 26 heavy (non-hydrogen) atoms. The normalized spacial score (nSPS) is 20.3. The first kappa shape index (κ1) is 21.1. The Labute approximate surface area is 173 Å². The Balaban J connectivity index is 0.00000243. The lowest BCUT2D eigenvalue weighted by Gasteiger charge is -2.44. The van der Waals surface area contributed by atoms with Crippen LogP contribution in [-0.4, -0.2) is 36.9 Å². The molecule has 1 aliphatic carbocycles. The molecule has 0 atom stereocenters. The average molecular weight is 474 g/mol. The van der Waals surface area contributed by atoms with Gasteiger partial charge >= 0.3 is 0 Å². The smallest absolute Gasteiger partial charge is 0.284 e. The highest BCUT2D eigenvalue weighted by Crippen LogP contribution is 2.42. The van der Waals surface area contributed by atoms with E-state index in [4.69, 9.17) is 10.2 Å². The van der Waals surface area contributed by atoms with E-state index in [0.717, 1.165) is 19.0 Å². The molecule has 3 rings (SSSR count). The number of hydrogen-bond donors (Lipinski definition) is 2. The van der Waals surface area contributed by atoms with Gasteiger partial charge in [-0.3, -0.25) is 9.79 Å². The van der Waals surface area contributed by atoms with Gasteiger partial charge in [-0.1, -0.05) is 25.7 Å². The van der Waals surface area contributed by atoms with Gasteiger partial charge in [0.25, 0.3) is 5.91 Å². The van der Waals surface area contributed by atoms with Gasteiger partial charge in [0.15, 0.2) is 11.7 Å². The molecule has 2 fully saturated rings. The van der Waals surface area contributed by atoms with Crippen molar-refractivity contribution in [2.45, 2.75) is 57.9 Å². The first-order chi connectivity index (χ1) is 12.1. The lowest BCUT2D eigenvalue weighted by molar-refractivity contribution is 0.0972. The van der Waals surface area contributed by atoms with Gasteiger partial charge < -0.3 is 20.4 Å². The van der Waals surface area contributed by atoms with Gasteiger partial charge in [-0.05, 0) is 43.2 Å². The Morgan fingerprint density at radius 3 is 2.54 bits per heavy atom. The Bertz CT molecular complexity index is 621. The highest BCUT2D eigenvalue weighted by atomic mass is 127. The van der Waals surface area contributed by atoms with Crippen LogP contribution in [0.1, 0.15) is 67.7 Å². The molecular weight excluding hydrogens is 443 g/mol. The van der Waals surface area contributed by atoms with E-state index in [-0.39, 0.29) is 29.7 Å². The Morgan fingerprint density at radius 2 is 1.92 bits per heavy atom. The zero-order valence-electron chi connectivity index (χ0n) is 15.6. The van der Waals surface area contributed by atoms with Crippen LogP contribution in [-0.2, 0) is 6.54 Å². The van der Waals surface area contributed by atoms with Gasteiger partial charge in [0, 0.05) is 20.1 Å². The Morgan fingerprint density at radius 1 is 1.23 bits per heavy atom. The fraction of sp³-hybridized carbons (Fsp3) is 0.684. The van der Waals surface area contributed by atoms with E-state index < -0.39 is 5.91 Å². The molecule has 0 unspecified atom stereocenters. The van der Waals surface area contributed by atoms with Gasteiger partial charge in [-0.15, -0.1) is 24.0 Å². The quantitative estimate of drug-likeness (QED) is 0.399. The van der Waals surface area contributed by atoms with Crippen molar-refractivity contribution in [2.75, 3.05) is 20.1 Å². The first-order valence-corrected chi connectivity index (χ1v) is 9.46. The average Bonchev–Trinajstić information content (AvgIpc) is 2.98. The molecule has 6 nitrogen and oxygen atoms in total. The standard InChI is InChI=1S/C19H30N4O2.HI/c1-21-18(22-13-15-7-8-16(25-15)17(20)24)23-12-6-11-19(14-23)9-4-2-3-5-10-19;/h7-8H,2-6,9-14H2,1H3,(H2,20,24)(H,21,22);1H. The lowest BCUT2D eigenvalue weighted by Crippen LogP contribution is -2.50. The summed E-state index contributed by atoms with van der Waals surface area (Å²) in [4.78, 5) is 18.0. The molecule has 146 valence electrons. The number of amides is 1. The monoisotopic (exact) mass is 474 g/mol. The number of furan rings is 1. The van der Waals surface area contributed by atoms with E-state index in [2.05, 4.69) is 15.2 Å². The van der Waals surface area contributed by atoms with Gasteiger partial charge in [-0.25, -0.2) is 0 Å². The van der Waals surface area contributed by atoms with E-state index in [1.165, 1.54) is 51.4 Å². The number of piperidine rings is 1. The van der Waals surface area contributed by atoms with Crippen LogP contribution in [0.4, 0.5) is 0 Å². The zero-order chi connectivity index (χ0) is 17.7. The predicted molar refractivity (Wildman–Crippen MR) is 114 cm³/mol. The minimum Gasteiger partial charge on any atom is -0.454 e. The van der Waals surface area contributed by atoms with Crippen molar-refractivity contribution in [1.29, 1.82) is 0 Å². The first-order valence-electron chi connectivity index (χ1n) is 9.46. The van der Waals surface area contributed by atoms with E-state index in [9.17, 15) is 4.79 Å². The maximum absolute atomic E-state index is 11.1. The number of aliphatic imine (C=N–C) groups is 1. The molecule has 1 saturated heterocycles. The van der Waals surface area contributed by atoms with Crippen LogP contribution in [0.3, 0.4) is 0 Å². The van der Waals surface area contributed by atoms with Crippen LogP contribution >= 0.6 is 24.0 Å². The fourth-order valence-electron chi connectivity index (χ4n) is 4.38. The second kappa shape index (κ2) is 9.62. The van der Waals surface area contributed by atoms with Crippen molar-refractivity contribution >= 4 is 35.8 Å². The van der Waals surface area contributed by atoms with Crippen molar-refractivity contribution in [3.63, 3.8) is 0 Å². The number of rotatable bonds is 3. The molecule has 7 heteroatoms. The van der Waals surface area contributed by atoms with E-state index in [1.54, 1.807) is 12.1 Å². The molecule has 2 aliphatic rings. The number of guanidine groups is 1.